The van der Waals surface area contributed by atoms with Crippen LogP contribution in [0.25, 0.3) is 0 Å². The fourth-order valence-electron chi connectivity index (χ4n) is 3.10. The molecule has 152 valence electrons. The molecule has 1 atom stereocenters. The Hall–Kier alpha value is -4.07. The molecule has 2 aromatic carbocycles. The summed E-state index contributed by atoms with van der Waals surface area (Å²) in [5.41, 5.74) is -0.198. The normalized spacial score (nSPS) is 17.9. The lowest BCUT2D eigenvalue weighted by molar-refractivity contribution is -0.123. The summed E-state index contributed by atoms with van der Waals surface area (Å²) >= 11 is 0. The van der Waals surface area contributed by atoms with Gasteiger partial charge in [0, 0.05) is 5.69 Å². The molecule has 0 bridgehead atoms. The number of amides is 4. The van der Waals surface area contributed by atoms with Crippen LogP contribution in [0.2, 0.25) is 0 Å². The zero-order valence-corrected chi connectivity index (χ0v) is 16.1. The van der Waals surface area contributed by atoms with E-state index in [-0.39, 0.29) is 12.4 Å². The first kappa shape index (κ1) is 19.3. The summed E-state index contributed by atoms with van der Waals surface area (Å²) in [4.78, 5) is 36.2. The first-order valence-corrected chi connectivity index (χ1v) is 9.26. The van der Waals surface area contributed by atoms with Gasteiger partial charge in [0.15, 0.2) is 5.76 Å². The molecule has 0 spiro atoms. The number of carbonyl (C=O) groups is 3. The molecule has 0 aliphatic carbocycles. The lowest BCUT2D eigenvalue weighted by atomic mass is 9.92. The largest absolute Gasteiger partial charge is 0.486 e. The number of para-hydroxylation sites is 1. The maximum absolute atomic E-state index is 12.5. The van der Waals surface area contributed by atoms with E-state index in [9.17, 15) is 14.4 Å². The van der Waals surface area contributed by atoms with Crippen LogP contribution in [0.5, 0.6) is 5.75 Å². The van der Waals surface area contributed by atoms with Gasteiger partial charge in [0.1, 0.15) is 23.7 Å². The summed E-state index contributed by atoms with van der Waals surface area (Å²) in [5.74, 6) is 0.447. The number of nitrogens with one attached hydrogen (secondary N) is 3. The highest BCUT2D eigenvalue weighted by Crippen LogP contribution is 2.26. The van der Waals surface area contributed by atoms with Crippen molar-refractivity contribution in [2.75, 3.05) is 5.32 Å². The number of ether oxygens (including phenoxy) is 1. The number of urea groups is 1. The van der Waals surface area contributed by atoms with Gasteiger partial charge in [0.25, 0.3) is 11.8 Å². The standard InChI is InChI=1S/C22H19N3O5/c1-22(20(27)24-21(28)25-22)14-6-5-7-15(12-14)23-19(26)18-11-10-17(30-18)13-29-16-8-3-2-4-9-16/h2-12H,13H2,1H3,(H,23,26)(H2,24,25,27,28)/t22-/m0/s1. The number of carbonyl (C=O) groups excluding carboxylic acids is 3. The van der Waals surface area contributed by atoms with E-state index in [0.29, 0.717) is 22.8 Å². The van der Waals surface area contributed by atoms with Crippen LogP contribution in [0.4, 0.5) is 10.5 Å². The molecule has 1 aliphatic rings. The van der Waals surface area contributed by atoms with Gasteiger partial charge in [-0.15, -0.1) is 0 Å². The highest BCUT2D eigenvalue weighted by atomic mass is 16.5. The van der Waals surface area contributed by atoms with E-state index in [1.807, 2.05) is 30.3 Å². The van der Waals surface area contributed by atoms with Crippen molar-refractivity contribution in [3.63, 3.8) is 0 Å². The third kappa shape index (κ3) is 3.88. The Balaban J connectivity index is 1.43. The van der Waals surface area contributed by atoms with Crippen molar-refractivity contribution in [1.82, 2.24) is 10.6 Å². The average molecular weight is 405 g/mol. The molecule has 1 aliphatic heterocycles. The zero-order chi connectivity index (χ0) is 21.1. The minimum Gasteiger partial charge on any atom is -0.486 e. The number of furan rings is 1. The molecule has 0 saturated carbocycles. The molecule has 8 heteroatoms. The molecule has 30 heavy (non-hydrogen) atoms. The van der Waals surface area contributed by atoms with Gasteiger partial charge in [-0.25, -0.2) is 4.79 Å². The quantitative estimate of drug-likeness (QED) is 0.546. The van der Waals surface area contributed by atoms with E-state index < -0.39 is 23.4 Å². The summed E-state index contributed by atoms with van der Waals surface area (Å²) in [5, 5.41) is 7.54. The van der Waals surface area contributed by atoms with Crippen molar-refractivity contribution in [1.29, 1.82) is 0 Å². The first-order chi connectivity index (χ1) is 14.4. The summed E-state index contributed by atoms with van der Waals surface area (Å²) in [6.45, 7) is 1.79. The number of rotatable bonds is 6. The lowest BCUT2D eigenvalue weighted by Crippen LogP contribution is -2.40. The number of hydrogen-bond donors (Lipinski definition) is 3. The van der Waals surface area contributed by atoms with Gasteiger partial charge in [-0.1, -0.05) is 30.3 Å². The van der Waals surface area contributed by atoms with Crippen molar-refractivity contribution >= 4 is 23.5 Å². The fourth-order valence-corrected chi connectivity index (χ4v) is 3.10. The minimum atomic E-state index is -1.20. The summed E-state index contributed by atoms with van der Waals surface area (Å²) in [6.07, 6.45) is 0. The molecule has 4 amide bonds. The summed E-state index contributed by atoms with van der Waals surface area (Å²) in [7, 11) is 0. The highest BCUT2D eigenvalue weighted by molar-refractivity contribution is 6.07. The molecule has 3 aromatic rings. The van der Waals surface area contributed by atoms with Crippen LogP contribution in [0.3, 0.4) is 0 Å². The van der Waals surface area contributed by atoms with Gasteiger partial charge in [-0.05, 0) is 48.9 Å². The molecule has 3 N–H and O–H groups in total. The Morgan fingerprint density at radius 3 is 2.60 bits per heavy atom. The molecule has 1 saturated heterocycles. The van der Waals surface area contributed by atoms with Gasteiger partial charge in [-0.3, -0.25) is 14.9 Å². The fraction of sp³-hybridized carbons (Fsp3) is 0.136. The Morgan fingerprint density at radius 1 is 1.07 bits per heavy atom. The third-order valence-corrected chi connectivity index (χ3v) is 4.75. The Bertz CT molecular complexity index is 1110. The van der Waals surface area contributed by atoms with E-state index in [1.165, 1.54) is 0 Å². The third-order valence-electron chi connectivity index (χ3n) is 4.75. The SMILES string of the molecule is C[C@@]1(c2cccc(NC(=O)c3ccc(COc4ccccc4)o3)c2)NC(=O)NC1=O. The molecule has 0 unspecified atom stereocenters. The summed E-state index contributed by atoms with van der Waals surface area (Å²) in [6, 6.07) is 18.7. The second-order valence-corrected chi connectivity index (χ2v) is 6.94. The van der Waals surface area contributed by atoms with Crippen LogP contribution in [-0.2, 0) is 16.9 Å². The average Bonchev–Trinajstić information content (AvgIpc) is 3.32. The van der Waals surface area contributed by atoms with E-state index in [4.69, 9.17) is 9.15 Å². The zero-order valence-electron chi connectivity index (χ0n) is 16.1. The van der Waals surface area contributed by atoms with Gasteiger partial charge in [-0.2, -0.15) is 0 Å². The smallest absolute Gasteiger partial charge is 0.322 e. The number of anilines is 1. The number of imide groups is 1. The topological polar surface area (TPSA) is 110 Å². The molecule has 1 aromatic heterocycles. The van der Waals surface area contributed by atoms with Crippen LogP contribution in [-0.4, -0.2) is 17.8 Å². The van der Waals surface area contributed by atoms with E-state index in [2.05, 4.69) is 16.0 Å². The number of benzene rings is 2. The minimum absolute atomic E-state index is 0.130. The van der Waals surface area contributed by atoms with Crippen LogP contribution in [0, 0.1) is 0 Å². The predicted molar refractivity (Wildman–Crippen MR) is 108 cm³/mol. The van der Waals surface area contributed by atoms with Crippen molar-refractivity contribution in [2.24, 2.45) is 0 Å². The first-order valence-electron chi connectivity index (χ1n) is 9.26. The van der Waals surface area contributed by atoms with E-state index >= 15 is 0 Å². The van der Waals surface area contributed by atoms with Crippen molar-refractivity contribution < 1.29 is 23.5 Å². The molecule has 8 nitrogen and oxygen atoms in total. The maximum Gasteiger partial charge on any atom is 0.322 e. The molecule has 4 rings (SSSR count). The Kier molecular flexibility index (Phi) is 4.97. The van der Waals surface area contributed by atoms with Crippen LogP contribution in [0.15, 0.2) is 71.1 Å². The second kappa shape index (κ2) is 7.75. The highest BCUT2D eigenvalue weighted by Gasteiger charge is 2.43. The van der Waals surface area contributed by atoms with Gasteiger partial charge >= 0.3 is 6.03 Å². The lowest BCUT2D eigenvalue weighted by Gasteiger charge is -2.21. The van der Waals surface area contributed by atoms with Crippen LogP contribution >= 0.6 is 0 Å². The van der Waals surface area contributed by atoms with Gasteiger partial charge < -0.3 is 19.8 Å². The van der Waals surface area contributed by atoms with Gasteiger partial charge in [0.05, 0.1) is 0 Å². The van der Waals surface area contributed by atoms with Crippen molar-refractivity contribution in [2.45, 2.75) is 19.1 Å². The predicted octanol–water partition coefficient (Wildman–Crippen LogP) is 3.17. The van der Waals surface area contributed by atoms with Gasteiger partial charge in [0.2, 0.25) is 0 Å². The van der Waals surface area contributed by atoms with Crippen LogP contribution < -0.4 is 20.7 Å². The Morgan fingerprint density at radius 2 is 1.87 bits per heavy atom. The Labute approximate surface area is 172 Å². The molecular formula is C22H19N3O5. The molecule has 1 fully saturated rings. The van der Waals surface area contributed by atoms with E-state index in [1.54, 1.807) is 43.3 Å². The second-order valence-electron chi connectivity index (χ2n) is 6.94. The monoisotopic (exact) mass is 405 g/mol. The van der Waals surface area contributed by atoms with Crippen molar-refractivity contribution in [3.8, 4) is 5.75 Å². The van der Waals surface area contributed by atoms with Crippen molar-refractivity contribution in [3.05, 3.63) is 83.8 Å². The summed E-state index contributed by atoms with van der Waals surface area (Å²) < 4.78 is 11.2. The molecule has 2 heterocycles. The molecule has 0 radical (unpaired) electrons. The molecular weight excluding hydrogens is 386 g/mol. The van der Waals surface area contributed by atoms with Crippen LogP contribution in [0.1, 0.15) is 28.8 Å². The van der Waals surface area contributed by atoms with E-state index in [0.717, 1.165) is 0 Å². The maximum atomic E-state index is 12.5. The number of hydrogen-bond acceptors (Lipinski definition) is 5.